The predicted molar refractivity (Wildman–Crippen MR) is 83.8 cm³/mol. The Balaban J connectivity index is 1.69. The van der Waals surface area contributed by atoms with Crippen molar-refractivity contribution in [1.82, 2.24) is 20.2 Å². The molecule has 0 saturated heterocycles. The first-order chi connectivity index (χ1) is 11.1. The third kappa shape index (κ3) is 3.70. The number of benzene rings is 1. The lowest BCUT2D eigenvalue weighted by molar-refractivity contribution is -0.115. The van der Waals surface area contributed by atoms with Gasteiger partial charge in [0.15, 0.2) is 0 Å². The summed E-state index contributed by atoms with van der Waals surface area (Å²) in [7, 11) is 0. The summed E-state index contributed by atoms with van der Waals surface area (Å²) < 4.78 is 5.42. The highest BCUT2D eigenvalue weighted by Gasteiger charge is 2.14. The molecule has 0 unspecified atom stereocenters. The Morgan fingerprint density at radius 3 is 2.96 bits per heavy atom. The van der Waals surface area contributed by atoms with E-state index in [0.29, 0.717) is 16.4 Å². The summed E-state index contributed by atoms with van der Waals surface area (Å²) in [6, 6.07) is 5.28. The smallest absolute Gasteiger partial charge is 0.267 e. The topological polar surface area (TPSA) is 93.8 Å². The normalized spacial score (nSPS) is 10.5. The molecule has 0 aliphatic carbocycles. The van der Waals surface area contributed by atoms with Crippen molar-refractivity contribution >= 4 is 23.2 Å². The van der Waals surface area contributed by atoms with Crippen molar-refractivity contribution in [2.24, 2.45) is 0 Å². The maximum atomic E-state index is 12.1. The van der Waals surface area contributed by atoms with Crippen LogP contribution in [0.4, 0.5) is 5.69 Å². The van der Waals surface area contributed by atoms with Gasteiger partial charge < -0.3 is 9.73 Å². The van der Waals surface area contributed by atoms with Gasteiger partial charge in [0.1, 0.15) is 12.1 Å². The summed E-state index contributed by atoms with van der Waals surface area (Å²) in [5.41, 5.74) is 2.02. The Bertz CT molecular complexity index is 835. The van der Waals surface area contributed by atoms with E-state index in [9.17, 15) is 4.79 Å². The van der Waals surface area contributed by atoms with Gasteiger partial charge in [-0.2, -0.15) is 0 Å². The van der Waals surface area contributed by atoms with Crippen LogP contribution in [0, 0.1) is 6.92 Å². The van der Waals surface area contributed by atoms with Crippen LogP contribution in [0.2, 0.25) is 5.02 Å². The second-order valence-corrected chi connectivity index (χ2v) is 5.21. The Labute approximate surface area is 136 Å². The van der Waals surface area contributed by atoms with E-state index in [1.807, 2.05) is 13.0 Å². The molecule has 3 rings (SSSR count). The van der Waals surface area contributed by atoms with Gasteiger partial charge >= 0.3 is 0 Å². The summed E-state index contributed by atoms with van der Waals surface area (Å²) >= 11 is 5.93. The number of nitrogens with zero attached hydrogens (tertiary/aromatic N) is 4. The van der Waals surface area contributed by atoms with E-state index in [4.69, 9.17) is 16.0 Å². The molecule has 0 aliphatic heterocycles. The number of nitrogens with one attached hydrogen (secondary N) is 1. The number of rotatable bonds is 4. The third-order valence-electron chi connectivity index (χ3n) is 3.03. The zero-order valence-electron chi connectivity index (χ0n) is 12.2. The third-order valence-corrected chi connectivity index (χ3v) is 3.27. The quantitative estimate of drug-likeness (QED) is 0.790. The van der Waals surface area contributed by atoms with Crippen molar-refractivity contribution in [3.63, 3.8) is 0 Å². The molecule has 1 amide bonds. The van der Waals surface area contributed by atoms with Gasteiger partial charge in [-0.1, -0.05) is 17.7 Å². The summed E-state index contributed by atoms with van der Waals surface area (Å²) in [5, 5.41) is 11.0. The van der Waals surface area contributed by atoms with Crippen molar-refractivity contribution in [2.75, 3.05) is 5.32 Å². The molecule has 0 spiro atoms. The van der Waals surface area contributed by atoms with Gasteiger partial charge in [0.25, 0.3) is 5.89 Å². The van der Waals surface area contributed by atoms with Crippen LogP contribution in [-0.4, -0.2) is 26.1 Å². The van der Waals surface area contributed by atoms with E-state index < -0.39 is 0 Å². The largest absolute Gasteiger partial charge is 0.419 e. The van der Waals surface area contributed by atoms with Gasteiger partial charge in [0.05, 0.1) is 6.20 Å². The van der Waals surface area contributed by atoms with E-state index in [1.54, 1.807) is 18.3 Å². The van der Waals surface area contributed by atoms with E-state index in [2.05, 4.69) is 25.5 Å². The predicted octanol–water partition coefficient (Wildman–Crippen LogP) is 2.67. The van der Waals surface area contributed by atoms with Crippen molar-refractivity contribution < 1.29 is 9.21 Å². The Morgan fingerprint density at radius 2 is 2.17 bits per heavy atom. The number of carbonyl (C=O) groups excluding carboxylic acids is 1. The monoisotopic (exact) mass is 329 g/mol. The van der Waals surface area contributed by atoms with Crippen LogP contribution in [0.5, 0.6) is 0 Å². The number of amides is 1. The number of halogens is 1. The first-order valence-electron chi connectivity index (χ1n) is 6.76. The molecule has 23 heavy (non-hydrogen) atoms. The van der Waals surface area contributed by atoms with Crippen molar-refractivity contribution in [3.8, 4) is 11.6 Å². The first kappa shape index (κ1) is 15.1. The second kappa shape index (κ2) is 6.53. The molecule has 2 aromatic heterocycles. The zero-order valence-corrected chi connectivity index (χ0v) is 12.9. The molecule has 1 N–H and O–H groups in total. The molecule has 2 heterocycles. The molecule has 7 nitrogen and oxygen atoms in total. The lowest BCUT2D eigenvalue weighted by atomic mass is 10.2. The molecular weight excluding hydrogens is 318 g/mol. The van der Waals surface area contributed by atoms with Crippen LogP contribution in [-0.2, 0) is 11.2 Å². The van der Waals surface area contributed by atoms with Crippen LogP contribution in [0.3, 0.4) is 0 Å². The highest BCUT2D eigenvalue weighted by atomic mass is 35.5. The minimum Gasteiger partial charge on any atom is -0.419 e. The van der Waals surface area contributed by atoms with Gasteiger partial charge in [-0.05, 0) is 24.6 Å². The number of aryl methyl sites for hydroxylation is 1. The molecule has 0 atom stereocenters. The van der Waals surface area contributed by atoms with Crippen LogP contribution < -0.4 is 5.32 Å². The standard InChI is InChI=1S/C15H12ClN5O2/c1-9-2-3-10(16)6-11(9)19-13(22)7-14-20-21-15(23-14)12-8-17-4-5-18-12/h2-6,8H,7H2,1H3,(H,19,22). The molecule has 3 aromatic rings. The van der Waals surface area contributed by atoms with E-state index in [0.717, 1.165) is 5.56 Å². The average Bonchev–Trinajstić information content (AvgIpc) is 3.00. The van der Waals surface area contributed by atoms with Crippen molar-refractivity contribution in [1.29, 1.82) is 0 Å². The highest BCUT2D eigenvalue weighted by Crippen LogP contribution is 2.20. The number of aromatic nitrogens is 4. The van der Waals surface area contributed by atoms with Crippen LogP contribution in [0.15, 0.2) is 41.2 Å². The van der Waals surface area contributed by atoms with Gasteiger partial charge in [-0.3, -0.25) is 9.78 Å². The van der Waals surface area contributed by atoms with Crippen LogP contribution in [0.1, 0.15) is 11.5 Å². The number of anilines is 1. The summed E-state index contributed by atoms with van der Waals surface area (Å²) in [5.74, 6) is 0.146. The van der Waals surface area contributed by atoms with E-state index in [-0.39, 0.29) is 24.1 Å². The molecule has 0 aliphatic rings. The van der Waals surface area contributed by atoms with Crippen LogP contribution in [0.25, 0.3) is 11.6 Å². The summed E-state index contributed by atoms with van der Waals surface area (Å²) in [4.78, 5) is 20.1. The van der Waals surface area contributed by atoms with Gasteiger partial charge in [-0.25, -0.2) is 4.98 Å². The van der Waals surface area contributed by atoms with Crippen LogP contribution >= 0.6 is 11.6 Å². The fourth-order valence-electron chi connectivity index (χ4n) is 1.90. The number of hydrogen-bond acceptors (Lipinski definition) is 6. The molecule has 1 aromatic carbocycles. The maximum Gasteiger partial charge on any atom is 0.267 e. The van der Waals surface area contributed by atoms with Crippen molar-refractivity contribution in [2.45, 2.75) is 13.3 Å². The minimum absolute atomic E-state index is 0.0424. The second-order valence-electron chi connectivity index (χ2n) is 4.78. The molecule has 0 radical (unpaired) electrons. The molecule has 8 heteroatoms. The summed E-state index contributed by atoms with van der Waals surface area (Å²) in [6.07, 6.45) is 4.53. The SMILES string of the molecule is Cc1ccc(Cl)cc1NC(=O)Cc1nnc(-c2cnccn2)o1. The minimum atomic E-state index is -0.273. The Morgan fingerprint density at radius 1 is 1.30 bits per heavy atom. The number of carbonyl (C=O) groups is 1. The lowest BCUT2D eigenvalue weighted by Crippen LogP contribution is -2.15. The van der Waals surface area contributed by atoms with Gasteiger partial charge in [0.2, 0.25) is 11.8 Å². The molecule has 0 bridgehead atoms. The van der Waals surface area contributed by atoms with E-state index in [1.165, 1.54) is 12.4 Å². The maximum absolute atomic E-state index is 12.1. The lowest BCUT2D eigenvalue weighted by Gasteiger charge is -2.07. The fraction of sp³-hybridized carbons (Fsp3) is 0.133. The molecule has 116 valence electrons. The average molecular weight is 330 g/mol. The Hall–Kier alpha value is -2.80. The zero-order chi connectivity index (χ0) is 16.2. The Kier molecular flexibility index (Phi) is 4.29. The van der Waals surface area contributed by atoms with E-state index >= 15 is 0 Å². The highest BCUT2D eigenvalue weighted by molar-refractivity contribution is 6.31. The molecule has 0 fully saturated rings. The van der Waals surface area contributed by atoms with Crippen molar-refractivity contribution in [3.05, 3.63) is 53.3 Å². The van der Waals surface area contributed by atoms with Gasteiger partial charge in [0, 0.05) is 23.1 Å². The number of hydrogen-bond donors (Lipinski definition) is 1. The first-order valence-corrected chi connectivity index (χ1v) is 7.14. The fourth-order valence-corrected chi connectivity index (χ4v) is 2.07. The summed E-state index contributed by atoms with van der Waals surface area (Å²) in [6.45, 7) is 1.88. The molecule has 0 saturated carbocycles. The molecular formula is C15H12ClN5O2. The van der Waals surface area contributed by atoms with Gasteiger partial charge in [-0.15, -0.1) is 10.2 Å².